The van der Waals surface area contributed by atoms with Gasteiger partial charge in [0.2, 0.25) is 0 Å². The van der Waals surface area contributed by atoms with Crippen LogP contribution in [-0.2, 0) is 0 Å². The molecular formula is C17H21NSi. The van der Waals surface area contributed by atoms with Gasteiger partial charge in [0.1, 0.15) is 8.07 Å². The number of hydrogen-bond donors (Lipinski definition) is 0. The molecule has 0 spiro atoms. The van der Waals surface area contributed by atoms with Gasteiger partial charge >= 0.3 is 0 Å². The van der Waals surface area contributed by atoms with Crippen molar-refractivity contribution in [2.45, 2.75) is 38.9 Å². The van der Waals surface area contributed by atoms with E-state index in [2.05, 4.69) is 49.4 Å². The Morgan fingerprint density at radius 3 is 2.42 bits per heavy atom. The highest BCUT2D eigenvalue weighted by Crippen LogP contribution is 2.19. The maximum absolute atomic E-state index is 4.47. The molecular weight excluding hydrogens is 246 g/mol. The van der Waals surface area contributed by atoms with Gasteiger partial charge < -0.3 is 0 Å². The number of hydrogen-bond acceptors (Lipinski definition) is 1. The Labute approximate surface area is 117 Å². The summed E-state index contributed by atoms with van der Waals surface area (Å²) in [6, 6.07) is 14.1. The Morgan fingerprint density at radius 2 is 1.74 bits per heavy atom. The van der Waals surface area contributed by atoms with Crippen molar-refractivity contribution in [2.24, 2.45) is 0 Å². The lowest BCUT2D eigenvalue weighted by atomic mass is 10.2. The van der Waals surface area contributed by atoms with Gasteiger partial charge in [-0.05, 0) is 30.3 Å². The molecule has 0 aliphatic heterocycles. The SMILES string of the molecule is CC[Si](C#Cc1cnc2ccccc2c1)(CC)CC. The van der Waals surface area contributed by atoms with Crippen molar-refractivity contribution < 1.29 is 0 Å². The first kappa shape index (κ1) is 13.8. The molecule has 0 saturated heterocycles. The molecule has 2 aromatic rings. The summed E-state index contributed by atoms with van der Waals surface area (Å²) < 4.78 is 0. The smallest absolute Gasteiger partial charge is 0.138 e. The Balaban J connectivity index is 2.36. The third-order valence-corrected chi connectivity index (χ3v) is 8.81. The normalized spacial score (nSPS) is 11.1. The standard InChI is InChI=1S/C17H21NSi/c1-4-19(5-2,6-3)12-11-15-13-16-9-7-8-10-17(16)18-14-15/h7-10,13-14H,4-6H2,1-3H3. The average Bonchev–Trinajstić information content (AvgIpc) is 2.49. The topological polar surface area (TPSA) is 12.9 Å². The van der Waals surface area contributed by atoms with Crippen molar-refractivity contribution >= 4 is 19.0 Å². The van der Waals surface area contributed by atoms with Gasteiger partial charge in [0, 0.05) is 17.1 Å². The predicted octanol–water partition coefficient (Wildman–Crippen LogP) is 4.63. The quantitative estimate of drug-likeness (QED) is 0.583. The third-order valence-electron chi connectivity index (χ3n) is 4.09. The van der Waals surface area contributed by atoms with Crippen molar-refractivity contribution in [3.8, 4) is 11.5 Å². The molecule has 98 valence electrons. The minimum atomic E-state index is -1.36. The summed E-state index contributed by atoms with van der Waals surface area (Å²) in [5, 5.41) is 1.17. The van der Waals surface area contributed by atoms with Crippen LogP contribution in [0.3, 0.4) is 0 Å². The van der Waals surface area contributed by atoms with E-state index in [1.807, 2.05) is 24.4 Å². The van der Waals surface area contributed by atoms with E-state index in [0.717, 1.165) is 11.1 Å². The number of para-hydroxylation sites is 1. The van der Waals surface area contributed by atoms with E-state index < -0.39 is 8.07 Å². The van der Waals surface area contributed by atoms with E-state index in [-0.39, 0.29) is 0 Å². The number of pyridine rings is 1. The van der Waals surface area contributed by atoms with Gasteiger partial charge in [-0.2, -0.15) is 0 Å². The van der Waals surface area contributed by atoms with Crippen LogP contribution in [0.1, 0.15) is 26.3 Å². The van der Waals surface area contributed by atoms with Gasteiger partial charge in [0.15, 0.2) is 0 Å². The molecule has 0 fully saturated rings. The molecule has 0 bridgehead atoms. The first-order valence-corrected chi connectivity index (χ1v) is 9.73. The molecule has 0 radical (unpaired) electrons. The summed E-state index contributed by atoms with van der Waals surface area (Å²) in [5.74, 6) is 3.38. The highest BCUT2D eigenvalue weighted by atomic mass is 28.3. The lowest BCUT2D eigenvalue weighted by Gasteiger charge is -2.19. The molecule has 0 unspecified atom stereocenters. The molecule has 1 nitrogen and oxygen atoms in total. The molecule has 0 atom stereocenters. The number of fused-ring (bicyclic) bond motifs is 1. The van der Waals surface area contributed by atoms with Crippen molar-refractivity contribution in [1.29, 1.82) is 0 Å². The Morgan fingerprint density at radius 1 is 1.05 bits per heavy atom. The van der Waals surface area contributed by atoms with Gasteiger partial charge in [-0.3, -0.25) is 4.98 Å². The van der Waals surface area contributed by atoms with E-state index in [0.29, 0.717) is 0 Å². The van der Waals surface area contributed by atoms with Gasteiger partial charge in [0.05, 0.1) is 5.52 Å². The van der Waals surface area contributed by atoms with Crippen LogP contribution in [0.15, 0.2) is 36.5 Å². The molecule has 1 heterocycles. The molecule has 0 saturated carbocycles. The minimum Gasteiger partial charge on any atom is -0.255 e. The van der Waals surface area contributed by atoms with Gasteiger partial charge in [0.25, 0.3) is 0 Å². The molecule has 0 amide bonds. The second-order valence-corrected chi connectivity index (χ2v) is 9.94. The maximum atomic E-state index is 4.47. The second-order valence-electron chi connectivity index (χ2n) is 5.01. The fraction of sp³-hybridized carbons (Fsp3) is 0.353. The van der Waals surface area contributed by atoms with E-state index >= 15 is 0 Å². The maximum Gasteiger partial charge on any atom is 0.138 e. The van der Waals surface area contributed by atoms with Gasteiger partial charge in [-0.25, -0.2) is 0 Å². The Bertz CT molecular complexity index is 609. The Kier molecular flexibility index (Phi) is 4.39. The minimum absolute atomic E-state index is 1.04. The molecule has 2 heteroatoms. The van der Waals surface area contributed by atoms with Gasteiger partial charge in [-0.15, -0.1) is 5.54 Å². The molecule has 2 rings (SSSR count). The summed E-state index contributed by atoms with van der Waals surface area (Å²) in [5.41, 5.74) is 5.70. The highest BCUT2D eigenvalue weighted by Gasteiger charge is 2.24. The van der Waals surface area contributed by atoms with Crippen LogP contribution < -0.4 is 0 Å². The van der Waals surface area contributed by atoms with Crippen LogP contribution in [0.4, 0.5) is 0 Å². The van der Waals surface area contributed by atoms with Crippen LogP contribution in [0.5, 0.6) is 0 Å². The van der Waals surface area contributed by atoms with E-state index in [1.165, 1.54) is 23.5 Å². The molecule has 0 aliphatic rings. The van der Waals surface area contributed by atoms with Gasteiger partial charge in [-0.1, -0.05) is 44.9 Å². The van der Waals surface area contributed by atoms with Crippen LogP contribution in [0.25, 0.3) is 10.9 Å². The summed E-state index contributed by atoms with van der Waals surface area (Å²) >= 11 is 0. The first-order valence-electron chi connectivity index (χ1n) is 7.11. The number of aromatic nitrogens is 1. The van der Waals surface area contributed by atoms with Crippen LogP contribution in [-0.4, -0.2) is 13.1 Å². The van der Waals surface area contributed by atoms with E-state index in [9.17, 15) is 0 Å². The molecule has 0 aliphatic carbocycles. The third kappa shape index (κ3) is 3.05. The number of nitrogens with zero attached hydrogens (tertiary/aromatic N) is 1. The fourth-order valence-electron chi connectivity index (χ4n) is 2.36. The van der Waals surface area contributed by atoms with Crippen molar-refractivity contribution in [2.75, 3.05) is 0 Å². The van der Waals surface area contributed by atoms with E-state index in [1.54, 1.807) is 0 Å². The largest absolute Gasteiger partial charge is 0.255 e. The highest BCUT2D eigenvalue weighted by molar-refractivity contribution is 6.87. The van der Waals surface area contributed by atoms with Crippen molar-refractivity contribution in [3.63, 3.8) is 0 Å². The lowest BCUT2D eigenvalue weighted by molar-refractivity contribution is 1.20. The molecule has 0 N–H and O–H groups in total. The summed E-state index contributed by atoms with van der Waals surface area (Å²) in [7, 11) is -1.36. The van der Waals surface area contributed by atoms with Crippen LogP contribution in [0, 0.1) is 11.5 Å². The van der Waals surface area contributed by atoms with Crippen molar-refractivity contribution in [3.05, 3.63) is 42.1 Å². The number of rotatable bonds is 3. The predicted molar refractivity (Wildman–Crippen MR) is 85.8 cm³/mol. The summed E-state index contributed by atoms with van der Waals surface area (Å²) in [6.45, 7) is 6.85. The monoisotopic (exact) mass is 267 g/mol. The molecule has 1 aromatic heterocycles. The summed E-state index contributed by atoms with van der Waals surface area (Å²) in [4.78, 5) is 4.47. The van der Waals surface area contributed by atoms with Crippen LogP contribution >= 0.6 is 0 Å². The first-order chi connectivity index (χ1) is 9.23. The van der Waals surface area contributed by atoms with E-state index in [4.69, 9.17) is 0 Å². The molecule has 1 aromatic carbocycles. The Hall–Kier alpha value is -1.59. The zero-order chi connectivity index (χ0) is 13.7. The zero-order valence-corrected chi connectivity index (χ0v) is 13.0. The average molecular weight is 267 g/mol. The van der Waals surface area contributed by atoms with Crippen molar-refractivity contribution in [1.82, 2.24) is 4.98 Å². The fourth-order valence-corrected chi connectivity index (χ4v) is 4.80. The second kappa shape index (κ2) is 6.03. The van der Waals surface area contributed by atoms with Crippen LogP contribution in [0.2, 0.25) is 18.1 Å². The molecule has 19 heavy (non-hydrogen) atoms. The summed E-state index contributed by atoms with van der Waals surface area (Å²) in [6.07, 6.45) is 1.90. The zero-order valence-electron chi connectivity index (χ0n) is 12.0. The number of benzene rings is 1. The lowest BCUT2D eigenvalue weighted by Crippen LogP contribution is -2.29.